The number of non-ortho nitro benzene ring substituents is 1. The van der Waals surface area contributed by atoms with Crippen molar-refractivity contribution in [3.8, 4) is 0 Å². The van der Waals surface area contributed by atoms with Crippen LogP contribution in [0.2, 0.25) is 0 Å². The van der Waals surface area contributed by atoms with Gasteiger partial charge in [0.15, 0.2) is 6.61 Å². The number of esters is 1. The third-order valence-corrected chi connectivity index (χ3v) is 3.90. The number of nitrogens with one attached hydrogen (secondary N) is 2. The maximum Gasteiger partial charge on any atom is 0.313 e. The standard InChI is InChI=1S/C19H19N3O6/c1-2-16(13-6-4-3-5-7-13)19(25)28-12-17(23)20-21-18(24)14-8-10-15(11-9-14)22(26)27/h3-11,16H,2,12H2,1H3,(H,20,23)(H,21,24)/t16-/m1/s1. The lowest BCUT2D eigenvalue weighted by atomic mass is 9.97. The minimum absolute atomic E-state index is 0.123. The first-order valence-electron chi connectivity index (χ1n) is 8.47. The number of rotatable bonds is 7. The molecule has 0 aliphatic heterocycles. The molecule has 0 spiro atoms. The van der Waals surface area contributed by atoms with Crippen LogP contribution in [0, 0.1) is 10.1 Å². The Morgan fingerprint density at radius 2 is 1.68 bits per heavy atom. The number of nitrogens with zero attached hydrogens (tertiary/aromatic N) is 1. The van der Waals surface area contributed by atoms with Crippen molar-refractivity contribution in [3.05, 3.63) is 75.8 Å². The Hall–Kier alpha value is -3.75. The third kappa shape index (κ3) is 5.63. The number of nitro groups is 1. The largest absolute Gasteiger partial charge is 0.455 e. The second kappa shape index (κ2) is 9.81. The van der Waals surface area contributed by atoms with Crippen molar-refractivity contribution in [1.29, 1.82) is 0 Å². The van der Waals surface area contributed by atoms with E-state index in [-0.39, 0.29) is 11.3 Å². The molecule has 2 aromatic carbocycles. The number of ether oxygens (including phenoxy) is 1. The quantitative estimate of drug-likeness (QED) is 0.427. The van der Waals surface area contributed by atoms with Crippen molar-refractivity contribution < 1.29 is 24.0 Å². The van der Waals surface area contributed by atoms with Gasteiger partial charge in [0.2, 0.25) is 0 Å². The Bertz CT molecular complexity index is 852. The highest BCUT2D eigenvalue weighted by atomic mass is 16.6. The van der Waals surface area contributed by atoms with Gasteiger partial charge < -0.3 is 4.74 Å². The van der Waals surface area contributed by atoms with Crippen LogP contribution in [0.4, 0.5) is 5.69 Å². The molecule has 0 heterocycles. The number of hydrazine groups is 1. The molecule has 9 heteroatoms. The molecule has 9 nitrogen and oxygen atoms in total. The van der Waals surface area contributed by atoms with Gasteiger partial charge in [-0.05, 0) is 24.1 Å². The lowest BCUT2D eigenvalue weighted by molar-refractivity contribution is -0.384. The van der Waals surface area contributed by atoms with Crippen molar-refractivity contribution in [1.82, 2.24) is 10.9 Å². The summed E-state index contributed by atoms with van der Waals surface area (Å²) in [6, 6.07) is 13.9. The molecule has 2 N–H and O–H groups in total. The minimum atomic E-state index is -0.716. The molecule has 2 rings (SSSR count). The van der Waals surface area contributed by atoms with E-state index < -0.39 is 35.2 Å². The number of benzene rings is 2. The zero-order valence-corrected chi connectivity index (χ0v) is 15.1. The first-order chi connectivity index (χ1) is 13.4. The summed E-state index contributed by atoms with van der Waals surface area (Å²) >= 11 is 0. The molecule has 0 aliphatic rings. The number of carbonyl (C=O) groups is 3. The molecule has 0 aromatic heterocycles. The van der Waals surface area contributed by atoms with Crippen molar-refractivity contribution in [2.45, 2.75) is 19.3 Å². The Morgan fingerprint density at radius 1 is 1.04 bits per heavy atom. The van der Waals surface area contributed by atoms with Crippen molar-refractivity contribution >= 4 is 23.5 Å². The topological polar surface area (TPSA) is 128 Å². The highest BCUT2D eigenvalue weighted by Crippen LogP contribution is 2.20. The monoisotopic (exact) mass is 385 g/mol. The van der Waals surface area contributed by atoms with E-state index in [9.17, 15) is 24.5 Å². The molecule has 0 fully saturated rings. The van der Waals surface area contributed by atoms with E-state index in [4.69, 9.17) is 4.74 Å². The molecule has 2 amide bonds. The van der Waals surface area contributed by atoms with Crippen LogP contribution in [0.15, 0.2) is 54.6 Å². The molecule has 28 heavy (non-hydrogen) atoms. The maximum atomic E-state index is 12.2. The van der Waals surface area contributed by atoms with Crippen LogP contribution < -0.4 is 10.9 Å². The van der Waals surface area contributed by atoms with Crippen molar-refractivity contribution in [2.24, 2.45) is 0 Å². The summed E-state index contributed by atoms with van der Waals surface area (Å²) < 4.78 is 5.01. The maximum absolute atomic E-state index is 12.2. The summed E-state index contributed by atoms with van der Waals surface area (Å²) in [7, 11) is 0. The second-order valence-corrected chi connectivity index (χ2v) is 5.79. The predicted molar refractivity (Wildman–Crippen MR) is 99.1 cm³/mol. The molecular formula is C19H19N3O6. The SMILES string of the molecule is CC[C@@H](C(=O)OCC(=O)NNC(=O)c1ccc([N+](=O)[O-])cc1)c1ccccc1. The van der Waals surface area contributed by atoms with E-state index in [1.807, 2.05) is 25.1 Å². The Kier molecular flexibility index (Phi) is 7.21. The molecule has 0 bridgehead atoms. The molecule has 0 saturated carbocycles. The lowest BCUT2D eigenvalue weighted by Gasteiger charge is -2.14. The number of amides is 2. The van der Waals surface area contributed by atoms with E-state index in [1.54, 1.807) is 12.1 Å². The Balaban J connectivity index is 1.81. The first-order valence-corrected chi connectivity index (χ1v) is 8.47. The van der Waals surface area contributed by atoms with Gasteiger partial charge in [0.1, 0.15) is 0 Å². The van der Waals surface area contributed by atoms with Crippen molar-refractivity contribution in [2.75, 3.05) is 6.61 Å². The zero-order valence-electron chi connectivity index (χ0n) is 15.1. The van der Waals surface area contributed by atoms with Crippen LogP contribution in [0.3, 0.4) is 0 Å². The van der Waals surface area contributed by atoms with Crippen molar-refractivity contribution in [3.63, 3.8) is 0 Å². The van der Waals surface area contributed by atoms with Crippen LogP contribution in [-0.2, 0) is 14.3 Å². The molecule has 0 radical (unpaired) electrons. The minimum Gasteiger partial charge on any atom is -0.455 e. The van der Waals surface area contributed by atoms with Crippen LogP contribution in [0.25, 0.3) is 0 Å². The highest BCUT2D eigenvalue weighted by molar-refractivity contribution is 5.95. The number of hydrogen-bond donors (Lipinski definition) is 2. The molecule has 0 unspecified atom stereocenters. The molecule has 146 valence electrons. The summed E-state index contributed by atoms with van der Waals surface area (Å²) in [6.45, 7) is 1.28. The third-order valence-electron chi connectivity index (χ3n) is 3.90. The average Bonchev–Trinajstić information content (AvgIpc) is 2.71. The van der Waals surface area contributed by atoms with Gasteiger partial charge in [-0.2, -0.15) is 0 Å². The van der Waals surface area contributed by atoms with Crippen LogP contribution in [0.5, 0.6) is 0 Å². The predicted octanol–water partition coefficient (Wildman–Crippen LogP) is 2.09. The van der Waals surface area contributed by atoms with Gasteiger partial charge >= 0.3 is 5.97 Å². The number of hydrogen-bond acceptors (Lipinski definition) is 6. The molecular weight excluding hydrogens is 366 g/mol. The van der Waals surface area contributed by atoms with Gasteiger partial charge in [0.05, 0.1) is 10.8 Å². The summed E-state index contributed by atoms with van der Waals surface area (Å²) in [6.07, 6.45) is 0.515. The van der Waals surface area contributed by atoms with Crippen LogP contribution >= 0.6 is 0 Å². The fourth-order valence-electron chi connectivity index (χ4n) is 2.43. The van der Waals surface area contributed by atoms with Gasteiger partial charge in [-0.15, -0.1) is 0 Å². The average molecular weight is 385 g/mol. The van der Waals surface area contributed by atoms with Gasteiger partial charge in [-0.25, -0.2) is 0 Å². The van der Waals surface area contributed by atoms with E-state index in [0.29, 0.717) is 6.42 Å². The van der Waals surface area contributed by atoms with Gasteiger partial charge in [0.25, 0.3) is 17.5 Å². The first kappa shape index (κ1) is 20.6. The normalized spacial score (nSPS) is 11.2. The van der Waals surface area contributed by atoms with Crippen LogP contribution in [0.1, 0.15) is 35.2 Å². The van der Waals surface area contributed by atoms with E-state index >= 15 is 0 Å². The molecule has 0 saturated heterocycles. The fraction of sp³-hybridized carbons (Fsp3) is 0.211. The smallest absolute Gasteiger partial charge is 0.313 e. The second-order valence-electron chi connectivity index (χ2n) is 5.79. The fourth-order valence-corrected chi connectivity index (χ4v) is 2.43. The highest BCUT2D eigenvalue weighted by Gasteiger charge is 2.21. The number of carbonyl (C=O) groups excluding carboxylic acids is 3. The molecule has 2 aromatic rings. The molecule has 0 aliphatic carbocycles. The zero-order chi connectivity index (χ0) is 20.5. The van der Waals surface area contributed by atoms with E-state index in [1.165, 1.54) is 24.3 Å². The number of nitro benzene ring substituents is 1. The lowest BCUT2D eigenvalue weighted by Crippen LogP contribution is -2.43. The summed E-state index contributed by atoms with van der Waals surface area (Å²) in [5.74, 6) is -2.40. The van der Waals surface area contributed by atoms with Gasteiger partial charge in [0, 0.05) is 17.7 Å². The van der Waals surface area contributed by atoms with Crippen LogP contribution in [-0.4, -0.2) is 29.3 Å². The summed E-state index contributed by atoms with van der Waals surface area (Å²) in [4.78, 5) is 45.9. The Morgan fingerprint density at radius 3 is 2.25 bits per heavy atom. The van der Waals surface area contributed by atoms with Gasteiger partial charge in [-0.1, -0.05) is 37.3 Å². The van der Waals surface area contributed by atoms with Gasteiger partial charge in [-0.3, -0.25) is 35.3 Å². The summed E-state index contributed by atoms with van der Waals surface area (Å²) in [5, 5.41) is 10.6. The van der Waals surface area contributed by atoms with E-state index in [2.05, 4.69) is 10.9 Å². The Labute approximate surface area is 160 Å². The summed E-state index contributed by atoms with van der Waals surface area (Å²) in [5.41, 5.74) is 5.03. The van der Waals surface area contributed by atoms with E-state index in [0.717, 1.165) is 5.56 Å². The molecule has 1 atom stereocenters.